The average Bonchev–Trinajstić information content (AvgIpc) is 3.33. The second kappa shape index (κ2) is 10.6. The molecule has 5 aromatic rings. The van der Waals surface area contributed by atoms with Crippen molar-refractivity contribution in [2.75, 3.05) is 11.9 Å². The Labute approximate surface area is 215 Å². The summed E-state index contributed by atoms with van der Waals surface area (Å²) in [6, 6.07) is 15.3. The van der Waals surface area contributed by atoms with Gasteiger partial charge in [-0.1, -0.05) is 0 Å². The van der Waals surface area contributed by atoms with Crippen LogP contribution in [0.15, 0.2) is 79.3 Å². The topological polar surface area (TPSA) is 116 Å². The SMILES string of the molecule is O=C(Nc1ccc(Oc2ncnc3ccn(CCCO)c23)c(F)c1)c1cccc(-c2ccc(F)cc2)[n+]1[O-]. The number of aliphatic hydroxyl groups excluding tert-OH is 1. The normalized spacial score (nSPS) is 11.0. The van der Waals surface area contributed by atoms with Gasteiger partial charge in [0, 0.05) is 48.8 Å². The summed E-state index contributed by atoms with van der Waals surface area (Å²) in [6.45, 7) is 0.507. The van der Waals surface area contributed by atoms with Crippen molar-refractivity contribution in [3.05, 3.63) is 102 Å². The highest BCUT2D eigenvalue weighted by atomic mass is 19.1. The average molecular weight is 517 g/mol. The van der Waals surface area contributed by atoms with E-state index in [1.165, 1.54) is 60.9 Å². The quantitative estimate of drug-likeness (QED) is 0.232. The van der Waals surface area contributed by atoms with E-state index in [1.54, 1.807) is 12.3 Å². The largest absolute Gasteiger partial charge is 0.618 e. The Balaban J connectivity index is 1.36. The van der Waals surface area contributed by atoms with Crippen molar-refractivity contribution >= 4 is 22.6 Å². The molecule has 0 unspecified atom stereocenters. The molecule has 11 heteroatoms. The summed E-state index contributed by atoms with van der Waals surface area (Å²) in [5, 5.41) is 24.5. The summed E-state index contributed by atoms with van der Waals surface area (Å²) >= 11 is 0. The van der Waals surface area contributed by atoms with Crippen molar-refractivity contribution in [2.45, 2.75) is 13.0 Å². The first-order chi connectivity index (χ1) is 18.4. The third-order valence-electron chi connectivity index (χ3n) is 5.79. The number of aryl methyl sites for hydroxylation is 1. The van der Waals surface area contributed by atoms with Gasteiger partial charge in [0.2, 0.25) is 11.6 Å². The van der Waals surface area contributed by atoms with Crippen LogP contribution in [-0.2, 0) is 6.54 Å². The van der Waals surface area contributed by atoms with E-state index >= 15 is 0 Å². The number of amides is 1. The summed E-state index contributed by atoms with van der Waals surface area (Å²) in [5.41, 5.74) is 1.63. The van der Waals surface area contributed by atoms with Crippen molar-refractivity contribution in [1.29, 1.82) is 0 Å². The predicted octanol–water partition coefficient (Wildman–Crippen LogP) is 4.44. The number of ether oxygens (including phenoxy) is 1. The van der Waals surface area contributed by atoms with E-state index in [2.05, 4.69) is 15.3 Å². The fourth-order valence-corrected chi connectivity index (χ4v) is 3.96. The third-order valence-corrected chi connectivity index (χ3v) is 5.79. The minimum absolute atomic E-state index is 0.00818. The number of nitrogens with one attached hydrogen (secondary N) is 1. The number of anilines is 1. The number of rotatable bonds is 8. The Hall–Kier alpha value is -4.90. The molecular weight excluding hydrogens is 496 g/mol. The van der Waals surface area contributed by atoms with Crippen LogP contribution in [-0.4, -0.2) is 32.2 Å². The summed E-state index contributed by atoms with van der Waals surface area (Å²) in [5.74, 6) is -1.96. The van der Waals surface area contributed by atoms with Gasteiger partial charge in [-0.05, 0) is 55.0 Å². The van der Waals surface area contributed by atoms with Gasteiger partial charge < -0.3 is 24.9 Å². The Morgan fingerprint density at radius 2 is 1.89 bits per heavy atom. The molecule has 0 fully saturated rings. The monoisotopic (exact) mass is 517 g/mol. The van der Waals surface area contributed by atoms with Crippen LogP contribution in [0, 0.1) is 16.8 Å². The number of pyridine rings is 1. The minimum Gasteiger partial charge on any atom is -0.618 e. The molecule has 2 aromatic carbocycles. The number of fused-ring (bicyclic) bond motifs is 1. The minimum atomic E-state index is -0.766. The summed E-state index contributed by atoms with van der Waals surface area (Å²) in [7, 11) is 0. The van der Waals surface area contributed by atoms with Crippen LogP contribution in [0.25, 0.3) is 22.3 Å². The molecule has 0 saturated heterocycles. The number of aromatic nitrogens is 4. The van der Waals surface area contributed by atoms with E-state index in [0.717, 1.165) is 6.07 Å². The number of carbonyl (C=O) groups is 1. The molecule has 9 nitrogen and oxygen atoms in total. The van der Waals surface area contributed by atoms with Crippen LogP contribution in [0.3, 0.4) is 0 Å². The molecule has 1 amide bonds. The molecule has 0 spiro atoms. The Bertz CT molecular complexity index is 1620. The number of benzene rings is 2. The number of halogens is 2. The molecular formula is C27H21F2N5O4. The Kier molecular flexibility index (Phi) is 6.92. The van der Waals surface area contributed by atoms with Gasteiger partial charge in [-0.2, -0.15) is 9.71 Å². The molecule has 5 rings (SSSR count). The predicted molar refractivity (Wildman–Crippen MR) is 134 cm³/mol. The van der Waals surface area contributed by atoms with Crippen LogP contribution < -0.4 is 14.8 Å². The molecule has 0 radical (unpaired) electrons. The second-order valence-electron chi connectivity index (χ2n) is 8.30. The number of hydrogen-bond donors (Lipinski definition) is 2. The van der Waals surface area contributed by atoms with Gasteiger partial charge in [0.25, 0.3) is 5.69 Å². The van der Waals surface area contributed by atoms with Gasteiger partial charge in [0.05, 0.1) is 5.52 Å². The van der Waals surface area contributed by atoms with Gasteiger partial charge in [-0.15, -0.1) is 0 Å². The first-order valence-electron chi connectivity index (χ1n) is 11.6. The number of aliphatic hydroxyl groups is 1. The highest BCUT2D eigenvalue weighted by Crippen LogP contribution is 2.30. The second-order valence-corrected chi connectivity index (χ2v) is 8.30. The Morgan fingerprint density at radius 3 is 2.66 bits per heavy atom. The van der Waals surface area contributed by atoms with Crippen molar-refractivity contribution in [3.8, 4) is 22.9 Å². The standard InChI is InChI=1S/C27H21F2N5O4/c28-18-7-5-17(6-8-18)22-3-1-4-23(34(22)37)26(36)32-19-9-10-24(20(29)15-19)38-27-25-21(30-16-31-27)11-13-33(25)12-2-14-35/h1,3-11,13,15-16,35H,2,12,14H2,(H,32,36). The lowest BCUT2D eigenvalue weighted by molar-refractivity contribution is -0.595. The molecule has 2 N–H and O–H groups in total. The number of nitrogens with zero attached hydrogens (tertiary/aromatic N) is 4. The van der Waals surface area contributed by atoms with Crippen molar-refractivity contribution < 1.29 is 28.1 Å². The van der Waals surface area contributed by atoms with Gasteiger partial charge in [0.15, 0.2) is 11.6 Å². The van der Waals surface area contributed by atoms with Crippen LogP contribution in [0.4, 0.5) is 14.5 Å². The molecule has 3 aromatic heterocycles. The number of hydrogen-bond acceptors (Lipinski definition) is 6. The van der Waals surface area contributed by atoms with Crippen LogP contribution in [0.5, 0.6) is 11.6 Å². The van der Waals surface area contributed by atoms with Crippen LogP contribution in [0.1, 0.15) is 16.9 Å². The molecule has 0 aliphatic heterocycles. The fraction of sp³-hybridized carbons (Fsp3) is 0.111. The molecule has 3 heterocycles. The van der Waals surface area contributed by atoms with Crippen molar-refractivity contribution in [2.24, 2.45) is 0 Å². The zero-order chi connectivity index (χ0) is 26.6. The summed E-state index contributed by atoms with van der Waals surface area (Å²) in [4.78, 5) is 21.1. The Morgan fingerprint density at radius 1 is 1.08 bits per heavy atom. The zero-order valence-electron chi connectivity index (χ0n) is 19.8. The lowest BCUT2D eigenvalue weighted by Gasteiger charge is -2.12. The lowest BCUT2D eigenvalue weighted by Crippen LogP contribution is -2.38. The summed E-state index contributed by atoms with van der Waals surface area (Å²) in [6.07, 6.45) is 3.60. The number of carbonyl (C=O) groups excluding carboxylic acids is 1. The highest BCUT2D eigenvalue weighted by Gasteiger charge is 2.21. The maximum Gasteiger partial charge on any atom is 0.321 e. The van der Waals surface area contributed by atoms with E-state index in [0.29, 0.717) is 34.3 Å². The maximum atomic E-state index is 15.0. The first-order valence-corrected chi connectivity index (χ1v) is 11.6. The van der Waals surface area contributed by atoms with E-state index in [-0.39, 0.29) is 35.3 Å². The third kappa shape index (κ3) is 5.00. The van der Waals surface area contributed by atoms with Gasteiger partial charge in [0.1, 0.15) is 17.7 Å². The molecule has 0 saturated carbocycles. The zero-order valence-corrected chi connectivity index (χ0v) is 19.8. The highest BCUT2D eigenvalue weighted by molar-refractivity contribution is 6.02. The lowest BCUT2D eigenvalue weighted by atomic mass is 10.1. The molecule has 0 aliphatic rings. The smallest absolute Gasteiger partial charge is 0.321 e. The van der Waals surface area contributed by atoms with E-state index in [9.17, 15) is 18.8 Å². The fourth-order valence-electron chi connectivity index (χ4n) is 3.96. The molecule has 0 atom stereocenters. The summed E-state index contributed by atoms with van der Waals surface area (Å²) < 4.78 is 36.2. The van der Waals surface area contributed by atoms with Gasteiger partial charge >= 0.3 is 5.91 Å². The van der Waals surface area contributed by atoms with Crippen LogP contribution in [0.2, 0.25) is 0 Å². The van der Waals surface area contributed by atoms with Crippen LogP contribution >= 0.6 is 0 Å². The van der Waals surface area contributed by atoms with Gasteiger partial charge in [-0.3, -0.25) is 4.79 Å². The molecule has 38 heavy (non-hydrogen) atoms. The molecule has 192 valence electrons. The first kappa shape index (κ1) is 24.8. The molecule has 0 aliphatic carbocycles. The van der Waals surface area contributed by atoms with E-state index in [4.69, 9.17) is 9.84 Å². The van der Waals surface area contributed by atoms with Crippen molar-refractivity contribution in [1.82, 2.24) is 14.5 Å². The molecule has 0 bridgehead atoms. The maximum absolute atomic E-state index is 15.0. The van der Waals surface area contributed by atoms with E-state index in [1.807, 2.05) is 4.57 Å². The van der Waals surface area contributed by atoms with Crippen molar-refractivity contribution in [3.63, 3.8) is 0 Å². The van der Waals surface area contributed by atoms with Gasteiger partial charge in [-0.25, -0.2) is 13.8 Å². The van der Waals surface area contributed by atoms with E-state index < -0.39 is 17.5 Å².